The van der Waals surface area contributed by atoms with Crippen LogP contribution < -0.4 is 10.6 Å². The zero-order valence-electron chi connectivity index (χ0n) is 19.6. The minimum absolute atomic E-state index is 0.0494. The molecule has 3 aromatic rings. The molecule has 2 atom stereocenters. The van der Waals surface area contributed by atoms with Crippen molar-refractivity contribution in [2.45, 2.75) is 58.5 Å². The molecule has 178 valence electrons. The van der Waals surface area contributed by atoms with Crippen molar-refractivity contribution >= 4 is 29.1 Å². The first-order valence-corrected chi connectivity index (χ1v) is 12.2. The Morgan fingerprint density at radius 3 is 2.65 bits per heavy atom. The highest BCUT2D eigenvalue weighted by Crippen LogP contribution is 2.31. The largest absolute Gasteiger partial charge is 0.340 e. The van der Waals surface area contributed by atoms with Crippen LogP contribution in [0.4, 0.5) is 5.69 Å². The molecule has 34 heavy (non-hydrogen) atoms. The summed E-state index contributed by atoms with van der Waals surface area (Å²) < 4.78 is 2.13. The minimum Gasteiger partial charge on any atom is -0.340 e. The maximum atomic E-state index is 13.2. The lowest BCUT2D eigenvalue weighted by molar-refractivity contribution is -0.119. The Morgan fingerprint density at radius 2 is 1.88 bits per heavy atom. The van der Waals surface area contributed by atoms with Gasteiger partial charge in [-0.15, -0.1) is 10.2 Å². The number of hydrogen-bond donors (Lipinski definition) is 2. The maximum absolute atomic E-state index is 13.2. The first-order valence-electron chi connectivity index (χ1n) is 11.9. The number of fused-ring (bicyclic) bond motifs is 1. The number of carbonyl (C=O) groups excluding carboxylic acids is 2. The van der Waals surface area contributed by atoms with E-state index in [2.05, 4.69) is 25.4 Å². The first kappa shape index (κ1) is 24.0. The maximum Gasteiger partial charge on any atom is 0.251 e. The molecule has 7 nitrogen and oxygen atoms in total. The number of rotatable bonds is 7. The highest BCUT2D eigenvalue weighted by Gasteiger charge is 2.27. The highest BCUT2D eigenvalue weighted by molar-refractivity contribution is 6.33. The number of carbonyl (C=O) groups is 2. The van der Waals surface area contributed by atoms with Crippen molar-refractivity contribution in [2.75, 3.05) is 5.32 Å². The number of nitrogens with zero attached hydrogens (tertiary/aromatic N) is 3. The van der Waals surface area contributed by atoms with Gasteiger partial charge in [-0.2, -0.15) is 0 Å². The molecule has 2 N–H and O–H groups in total. The summed E-state index contributed by atoms with van der Waals surface area (Å²) in [5, 5.41) is 15.2. The lowest BCUT2D eigenvalue weighted by Crippen LogP contribution is -2.47. The third-order valence-electron chi connectivity index (χ3n) is 6.40. The molecule has 0 spiro atoms. The standard InChI is InChI=1S/C26H30ClN5O2/c1-3-17(2)23(29-25(33)18-10-6-4-7-11-18)26(34)28-19-13-14-21(27)20(16-19)24-31-30-22-12-8-5-9-15-32(22)24/h4,6-7,10-11,13-14,16-17,23H,3,5,8-9,12,15H2,1-2H3,(H,28,34)(H,29,33). The Labute approximate surface area is 204 Å². The summed E-state index contributed by atoms with van der Waals surface area (Å²) in [7, 11) is 0. The summed E-state index contributed by atoms with van der Waals surface area (Å²) in [6.07, 6.45) is 4.99. The molecule has 2 amide bonds. The van der Waals surface area contributed by atoms with Crippen molar-refractivity contribution in [3.8, 4) is 11.4 Å². The zero-order chi connectivity index (χ0) is 24.1. The number of hydrogen-bond acceptors (Lipinski definition) is 4. The number of anilines is 1. The predicted octanol–water partition coefficient (Wildman–Crippen LogP) is 5.11. The number of aromatic nitrogens is 3. The van der Waals surface area contributed by atoms with Gasteiger partial charge in [0.1, 0.15) is 11.9 Å². The van der Waals surface area contributed by atoms with Gasteiger partial charge in [-0.25, -0.2) is 0 Å². The molecule has 2 aromatic carbocycles. The number of nitrogens with one attached hydrogen (secondary N) is 2. The molecule has 0 aliphatic carbocycles. The molecule has 0 radical (unpaired) electrons. The van der Waals surface area contributed by atoms with E-state index < -0.39 is 6.04 Å². The van der Waals surface area contributed by atoms with Gasteiger partial charge in [-0.05, 0) is 49.1 Å². The van der Waals surface area contributed by atoms with E-state index in [0.717, 1.165) is 43.6 Å². The zero-order valence-corrected chi connectivity index (χ0v) is 20.3. The summed E-state index contributed by atoms with van der Waals surface area (Å²) in [4.78, 5) is 26.0. The van der Waals surface area contributed by atoms with Gasteiger partial charge in [0, 0.05) is 29.8 Å². The van der Waals surface area contributed by atoms with E-state index in [4.69, 9.17) is 11.6 Å². The van der Waals surface area contributed by atoms with E-state index in [0.29, 0.717) is 22.1 Å². The monoisotopic (exact) mass is 479 g/mol. The summed E-state index contributed by atoms with van der Waals surface area (Å²) in [6.45, 7) is 4.80. The highest BCUT2D eigenvalue weighted by atomic mass is 35.5. The van der Waals surface area contributed by atoms with Gasteiger partial charge >= 0.3 is 0 Å². The quantitative estimate of drug-likeness (QED) is 0.493. The van der Waals surface area contributed by atoms with Crippen LogP contribution in [-0.4, -0.2) is 32.6 Å². The van der Waals surface area contributed by atoms with Crippen LogP contribution in [0.3, 0.4) is 0 Å². The lowest BCUT2D eigenvalue weighted by Gasteiger charge is -2.24. The number of benzene rings is 2. The van der Waals surface area contributed by atoms with Gasteiger partial charge in [0.05, 0.1) is 5.02 Å². The van der Waals surface area contributed by atoms with E-state index in [1.165, 1.54) is 6.42 Å². The molecule has 4 rings (SSSR count). The molecular weight excluding hydrogens is 450 g/mol. The summed E-state index contributed by atoms with van der Waals surface area (Å²) in [5.41, 5.74) is 1.84. The lowest BCUT2D eigenvalue weighted by atomic mass is 9.97. The van der Waals surface area contributed by atoms with Crippen molar-refractivity contribution in [3.05, 3.63) is 64.9 Å². The average molecular weight is 480 g/mol. The van der Waals surface area contributed by atoms with Gasteiger partial charge in [0.25, 0.3) is 5.91 Å². The second-order valence-electron chi connectivity index (χ2n) is 8.79. The Morgan fingerprint density at radius 1 is 1.09 bits per heavy atom. The number of amides is 2. The summed E-state index contributed by atoms with van der Waals surface area (Å²) >= 11 is 6.53. The van der Waals surface area contributed by atoms with E-state index in [9.17, 15) is 9.59 Å². The molecule has 2 unspecified atom stereocenters. The summed E-state index contributed by atoms with van der Waals surface area (Å²) in [6, 6.07) is 13.6. The van der Waals surface area contributed by atoms with Crippen molar-refractivity contribution in [2.24, 2.45) is 5.92 Å². The minimum atomic E-state index is -0.679. The van der Waals surface area contributed by atoms with Gasteiger partial charge in [-0.3, -0.25) is 9.59 Å². The Bertz CT molecular complexity index is 1160. The smallest absolute Gasteiger partial charge is 0.251 e. The van der Waals surface area contributed by atoms with Crippen LogP contribution in [-0.2, 0) is 17.8 Å². The van der Waals surface area contributed by atoms with Gasteiger partial charge < -0.3 is 15.2 Å². The van der Waals surface area contributed by atoms with Crippen LogP contribution >= 0.6 is 11.6 Å². The second-order valence-corrected chi connectivity index (χ2v) is 9.20. The van der Waals surface area contributed by atoms with Crippen LogP contribution in [0.15, 0.2) is 48.5 Å². The second kappa shape index (κ2) is 10.8. The SMILES string of the molecule is CCC(C)C(NC(=O)c1ccccc1)C(=O)Nc1ccc(Cl)c(-c2nnc3n2CCCCC3)c1. The molecule has 0 bridgehead atoms. The van der Waals surface area contributed by atoms with Gasteiger partial charge in [0.15, 0.2) is 5.82 Å². The normalized spacial score (nSPS) is 15.0. The van der Waals surface area contributed by atoms with Crippen molar-refractivity contribution in [3.63, 3.8) is 0 Å². The molecule has 1 aliphatic rings. The molecule has 8 heteroatoms. The molecule has 0 saturated heterocycles. The molecule has 0 saturated carbocycles. The van der Waals surface area contributed by atoms with Crippen LogP contribution in [0, 0.1) is 5.92 Å². The molecule has 1 aliphatic heterocycles. The fourth-order valence-corrected chi connectivity index (χ4v) is 4.40. The van der Waals surface area contributed by atoms with E-state index in [1.807, 2.05) is 26.0 Å². The van der Waals surface area contributed by atoms with Crippen LogP contribution in [0.5, 0.6) is 0 Å². The number of aryl methyl sites for hydroxylation is 1. The van der Waals surface area contributed by atoms with Crippen molar-refractivity contribution in [1.29, 1.82) is 0 Å². The molecule has 1 aromatic heterocycles. The first-order chi connectivity index (χ1) is 16.5. The Balaban J connectivity index is 1.56. The van der Waals surface area contributed by atoms with E-state index in [-0.39, 0.29) is 17.7 Å². The molecular formula is C26H30ClN5O2. The van der Waals surface area contributed by atoms with Gasteiger partial charge in [-0.1, -0.05) is 56.5 Å². The van der Waals surface area contributed by atoms with E-state index >= 15 is 0 Å². The third-order valence-corrected chi connectivity index (χ3v) is 6.73. The van der Waals surface area contributed by atoms with E-state index in [1.54, 1.807) is 36.4 Å². The Kier molecular flexibility index (Phi) is 7.63. The third kappa shape index (κ3) is 5.30. The predicted molar refractivity (Wildman–Crippen MR) is 134 cm³/mol. The van der Waals surface area contributed by atoms with Crippen LogP contribution in [0.2, 0.25) is 5.02 Å². The summed E-state index contributed by atoms with van der Waals surface area (Å²) in [5.74, 6) is 1.09. The Hall–Kier alpha value is -3.19. The van der Waals surface area contributed by atoms with Crippen LogP contribution in [0.1, 0.15) is 55.7 Å². The topological polar surface area (TPSA) is 88.9 Å². The molecule has 0 fully saturated rings. The van der Waals surface area contributed by atoms with Gasteiger partial charge in [0.2, 0.25) is 5.91 Å². The fourth-order valence-electron chi connectivity index (χ4n) is 4.19. The number of halogens is 1. The van der Waals surface area contributed by atoms with Crippen molar-refractivity contribution < 1.29 is 9.59 Å². The van der Waals surface area contributed by atoms with Crippen LogP contribution in [0.25, 0.3) is 11.4 Å². The average Bonchev–Trinajstić information content (AvgIpc) is 3.10. The molecule has 2 heterocycles. The fraction of sp³-hybridized carbons (Fsp3) is 0.385. The van der Waals surface area contributed by atoms with Crippen molar-refractivity contribution in [1.82, 2.24) is 20.1 Å².